The first-order valence-corrected chi connectivity index (χ1v) is 8.16. The number of carbonyl (C=O) groups is 1. The Kier molecular flexibility index (Phi) is 3.45. The number of rotatable bonds is 2. The molecule has 2 aliphatic rings. The number of amides is 1. The van der Waals surface area contributed by atoms with Crippen LogP contribution in [-0.4, -0.2) is 28.8 Å². The summed E-state index contributed by atoms with van der Waals surface area (Å²) in [7, 11) is 1.92. The van der Waals surface area contributed by atoms with Gasteiger partial charge in [0.1, 0.15) is 0 Å². The van der Waals surface area contributed by atoms with Crippen LogP contribution in [0.4, 0.5) is 5.69 Å². The fourth-order valence-corrected chi connectivity index (χ4v) is 3.71. The Morgan fingerprint density at radius 3 is 2.96 bits per heavy atom. The number of fused-ring (bicyclic) bond motifs is 1. The number of nitrogens with zero attached hydrogens (tertiary/aromatic N) is 3. The number of aromatic nitrogens is 2. The normalized spacial score (nSPS) is 23.3. The van der Waals surface area contributed by atoms with E-state index in [9.17, 15) is 4.79 Å². The van der Waals surface area contributed by atoms with E-state index in [4.69, 9.17) is 4.74 Å². The number of benzene rings is 1. The minimum atomic E-state index is -0.177. The first kappa shape index (κ1) is 14.5. The van der Waals surface area contributed by atoms with Crippen molar-refractivity contribution in [1.82, 2.24) is 9.78 Å². The van der Waals surface area contributed by atoms with Gasteiger partial charge in [-0.3, -0.25) is 9.48 Å². The lowest BCUT2D eigenvalue weighted by molar-refractivity contribution is -0.124. The lowest BCUT2D eigenvalue weighted by atomic mass is 9.94. The lowest BCUT2D eigenvalue weighted by Crippen LogP contribution is -2.36. The van der Waals surface area contributed by atoms with Gasteiger partial charge in [-0.15, -0.1) is 0 Å². The van der Waals surface area contributed by atoms with Crippen LogP contribution in [0, 0.1) is 12.8 Å². The minimum Gasteiger partial charge on any atom is -0.373 e. The molecule has 5 heteroatoms. The van der Waals surface area contributed by atoms with Gasteiger partial charge in [0.15, 0.2) is 0 Å². The molecule has 0 N–H and O–H groups in total. The molecule has 0 spiro atoms. The molecule has 2 aliphatic heterocycles. The summed E-state index contributed by atoms with van der Waals surface area (Å²) in [6.45, 7) is 3.43. The Morgan fingerprint density at radius 1 is 1.35 bits per heavy atom. The van der Waals surface area contributed by atoms with E-state index in [1.54, 1.807) is 0 Å². The molecule has 0 aliphatic carbocycles. The van der Waals surface area contributed by atoms with Crippen LogP contribution in [0.2, 0.25) is 0 Å². The Labute approximate surface area is 135 Å². The highest BCUT2D eigenvalue weighted by Gasteiger charge is 2.40. The summed E-state index contributed by atoms with van der Waals surface area (Å²) in [6, 6.07) is 8.18. The van der Waals surface area contributed by atoms with Gasteiger partial charge in [0.2, 0.25) is 5.91 Å². The molecular formula is C18H21N3O2. The highest BCUT2D eigenvalue weighted by molar-refractivity contribution is 5.97. The number of carbonyl (C=O) groups excluding carboxylic acids is 1. The van der Waals surface area contributed by atoms with Crippen molar-refractivity contribution in [2.75, 3.05) is 18.1 Å². The zero-order valence-electron chi connectivity index (χ0n) is 13.5. The second-order valence-electron chi connectivity index (χ2n) is 6.36. The molecule has 4 rings (SSSR count). The van der Waals surface area contributed by atoms with E-state index in [2.05, 4.69) is 11.2 Å². The van der Waals surface area contributed by atoms with Gasteiger partial charge in [-0.1, -0.05) is 18.2 Å². The largest absolute Gasteiger partial charge is 0.373 e. The van der Waals surface area contributed by atoms with Crippen LogP contribution in [0.1, 0.15) is 29.3 Å². The van der Waals surface area contributed by atoms with Crippen LogP contribution in [0.3, 0.4) is 0 Å². The van der Waals surface area contributed by atoms with E-state index in [0.717, 1.165) is 36.3 Å². The maximum absolute atomic E-state index is 13.1. The molecule has 0 saturated carbocycles. The van der Waals surface area contributed by atoms with Crippen molar-refractivity contribution < 1.29 is 9.53 Å². The summed E-state index contributed by atoms with van der Waals surface area (Å²) >= 11 is 0. The van der Waals surface area contributed by atoms with Gasteiger partial charge < -0.3 is 9.64 Å². The molecule has 2 atom stereocenters. The lowest BCUT2D eigenvalue weighted by Gasteiger charge is -2.24. The third kappa shape index (κ3) is 2.27. The van der Waals surface area contributed by atoms with Gasteiger partial charge in [0.25, 0.3) is 0 Å². The van der Waals surface area contributed by atoms with Gasteiger partial charge in [-0.2, -0.15) is 5.10 Å². The van der Waals surface area contributed by atoms with E-state index >= 15 is 0 Å². The van der Waals surface area contributed by atoms with Gasteiger partial charge in [-0.25, -0.2) is 0 Å². The molecule has 0 radical (unpaired) electrons. The fourth-order valence-electron chi connectivity index (χ4n) is 3.71. The molecule has 120 valence electrons. The zero-order valence-corrected chi connectivity index (χ0v) is 13.5. The second-order valence-corrected chi connectivity index (χ2v) is 6.36. The highest BCUT2D eigenvalue weighted by Crippen LogP contribution is 2.39. The van der Waals surface area contributed by atoms with Gasteiger partial charge in [0, 0.05) is 37.1 Å². The molecule has 1 fully saturated rings. The zero-order chi connectivity index (χ0) is 16.0. The summed E-state index contributed by atoms with van der Waals surface area (Å²) in [6.07, 6.45) is 3.37. The average molecular weight is 311 g/mol. The molecule has 1 saturated heterocycles. The van der Waals surface area contributed by atoms with Crippen molar-refractivity contribution in [3.05, 3.63) is 47.3 Å². The van der Waals surface area contributed by atoms with Crippen LogP contribution in [0.5, 0.6) is 0 Å². The molecule has 23 heavy (non-hydrogen) atoms. The topological polar surface area (TPSA) is 47.4 Å². The summed E-state index contributed by atoms with van der Waals surface area (Å²) in [5.41, 5.74) is 4.42. The number of hydrogen-bond acceptors (Lipinski definition) is 3. The fraction of sp³-hybridized carbons (Fsp3) is 0.444. The monoisotopic (exact) mass is 311 g/mol. The quantitative estimate of drug-likeness (QED) is 0.855. The van der Waals surface area contributed by atoms with Crippen LogP contribution in [-0.2, 0) is 23.0 Å². The van der Waals surface area contributed by atoms with Crippen LogP contribution < -0.4 is 4.90 Å². The Hall–Kier alpha value is -2.14. The minimum absolute atomic E-state index is 0.121. The van der Waals surface area contributed by atoms with Crippen molar-refractivity contribution in [3.63, 3.8) is 0 Å². The van der Waals surface area contributed by atoms with Crippen molar-refractivity contribution >= 4 is 11.6 Å². The van der Waals surface area contributed by atoms with Crippen molar-refractivity contribution in [2.45, 2.75) is 25.9 Å². The smallest absolute Gasteiger partial charge is 0.233 e. The molecule has 0 unspecified atom stereocenters. The summed E-state index contributed by atoms with van der Waals surface area (Å²) in [5.74, 6) is 0.0600. The Bertz CT molecular complexity index is 752. The van der Waals surface area contributed by atoms with E-state index < -0.39 is 0 Å². The van der Waals surface area contributed by atoms with Gasteiger partial charge >= 0.3 is 0 Å². The van der Waals surface area contributed by atoms with Crippen molar-refractivity contribution in [3.8, 4) is 0 Å². The predicted octanol–water partition coefficient (Wildman–Crippen LogP) is 2.40. The molecule has 1 amide bonds. The van der Waals surface area contributed by atoms with Crippen LogP contribution >= 0.6 is 0 Å². The first-order chi connectivity index (χ1) is 11.2. The van der Waals surface area contributed by atoms with Crippen molar-refractivity contribution in [2.24, 2.45) is 13.0 Å². The van der Waals surface area contributed by atoms with Crippen LogP contribution in [0.25, 0.3) is 0 Å². The standard InChI is InChI=1S/C18H21N3O2/c1-12-15(11-19-20(12)2)17-14(8-10-23-17)18(22)21-9-7-13-5-3-4-6-16(13)21/h3-6,11,14,17H,7-10H2,1-2H3/t14-,17-/m0/s1. The van der Waals surface area contributed by atoms with E-state index in [0.29, 0.717) is 6.61 Å². The maximum atomic E-state index is 13.1. The summed E-state index contributed by atoms with van der Waals surface area (Å²) < 4.78 is 7.75. The van der Waals surface area contributed by atoms with Gasteiger partial charge in [-0.05, 0) is 31.4 Å². The number of hydrogen-bond donors (Lipinski definition) is 0. The molecule has 1 aromatic heterocycles. The van der Waals surface area contributed by atoms with Crippen molar-refractivity contribution in [1.29, 1.82) is 0 Å². The summed E-state index contributed by atoms with van der Waals surface area (Å²) in [4.78, 5) is 15.1. The Morgan fingerprint density at radius 2 is 2.17 bits per heavy atom. The molecular weight excluding hydrogens is 290 g/mol. The maximum Gasteiger partial charge on any atom is 0.233 e. The predicted molar refractivity (Wildman–Crippen MR) is 87.2 cm³/mol. The summed E-state index contributed by atoms with van der Waals surface area (Å²) in [5, 5.41) is 4.30. The van der Waals surface area contributed by atoms with Crippen LogP contribution in [0.15, 0.2) is 30.5 Å². The second kappa shape index (κ2) is 5.49. The molecule has 3 heterocycles. The number of anilines is 1. The Balaban J connectivity index is 1.62. The molecule has 1 aromatic carbocycles. The van der Waals surface area contributed by atoms with E-state index in [1.807, 2.05) is 47.9 Å². The van der Waals surface area contributed by atoms with Gasteiger partial charge in [0.05, 0.1) is 18.2 Å². The average Bonchev–Trinajstić information content (AvgIpc) is 3.27. The van der Waals surface area contributed by atoms with E-state index in [-0.39, 0.29) is 17.9 Å². The number of para-hydroxylation sites is 1. The molecule has 2 aromatic rings. The number of ether oxygens (including phenoxy) is 1. The third-order valence-electron chi connectivity index (χ3n) is 5.14. The number of aryl methyl sites for hydroxylation is 1. The van der Waals surface area contributed by atoms with E-state index in [1.165, 1.54) is 5.56 Å². The first-order valence-electron chi connectivity index (χ1n) is 8.16. The third-order valence-corrected chi connectivity index (χ3v) is 5.14. The molecule has 0 bridgehead atoms. The SMILES string of the molecule is Cc1c([C@H]2OCC[C@@H]2C(=O)N2CCc3ccccc32)cnn1C. The highest BCUT2D eigenvalue weighted by atomic mass is 16.5. The molecule has 5 nitrogen and oxygen atoms in total.